The number of nitriles is 1. The molecule has 2 aromatic carbocycles. The number of nitro groups is 1. The molecule has 20 heavy (non-hydrogen) atoms. The standard InChI is InChI=1S/C14H11N3O3/c1-9-6-11(16)3-5-14(9)20-12-4-2-10(8-15)13(7-12)17(18)19/h2-7H,16H2,1H3. The molecule has 0 saturated heterocycles. The first-order valence-corrected chi connectivity index (χ1v) is 5.74. The van der Waals surface area contributed by atoms with E-state index < -0.39 is 4.92 Å². The van der Waals surface area contributed by atoms with Gasteiger partial charge in [0.2, 0.25) is 0 Å². The second kappa shape index (κ2) is 5.28. The molecule has 0 unspecified atom stereocenters. The van der Waals surface area contributed by atoms with E-state index in [4.69, 9.17) is 15.7 Å². The number of anilines is 1. The van der Waals surface area contributed by atoms with Crippen molar-refractivity contribution in [3.63, 3.8) is 0 Å². The average molecular weight is 269 g/mol. The van der Waals surface area contributed by atoms with Crippen LogP contribution in [0.5, 0.6) is 11.5 Å². The summed E-state index contributed by atoms with van der Waals surface area (Å²) in [4.78, 5) is 10.3. The van der Waals surface area contributed by atoms with Gasteiger partial charge in [-0.15, -0.1) is 0 Å². The molecule has 0 aliphatic rings. The zero-order chi connectivity index (χ0) is 14.7. The van der Waals surface area contributed by atoms with Crippen molar-refractivity contribution in [3.8, 4) is 17.6 Å². The molecule has 0 spiro atoms. The molecule has 0 aromatic heterocycles. The number of nitrogens with zero attached hydrogens (tertiary/aromatic N) is 2. The number of rotatable bonds is 3. The van der Waals surface area contributed by atoms with Crippen molar-refractivity contribution in [2.24, 2.45) is 0 Å². The molecule has 0 amide bonds. The van der Waals surface area contributed by atoms with Gasteiger partial charge in [-0.1, -0.05) is 0 Å². The molecule has 0 radical (unpaired) electrons. The first-order valence-electron chi connectivity index (χ1n) is 5.74. The predicted molar refractivity (Wildman–Crippen MR) is 73.5 cm³/mol. The fourth-order valence-electron chi connectivity index (χ4n) is 1.73. The summed E-state index contributed by atoms with van der Waals surface area (Å²) in [6.07, 6.45) is 0. The van der Waals surface area contributed by atoms with Crippen LogP contribution in [0.15, 0.2) is 36.4 Å². The Hall–Kier alpha value is -3.07. The van der Waals surface area contributed by atoms with Crippen LogP contribution in [0.1, 0.15) is 11.1 Å². The summed E-state index contributed by atoms with van der Waals surface area (Å²) in [6.45, 7) is 1.82. The zero-order valence-corrected chi connectivity index (χ0v) is 10.7. The number of aryl methyl sites for hydroxylation is 1. The van der Waals surface area contributed by atoms with Gasteiger partial charge < -0.3 is 10.5 Å². The highest BCUT2D eigenvalue weighted by Gasteiger charge is 2.15. The van der Waals surface area contributed by atoms with Gasteiger partial charge in [-0.25, -0.2) is 0 Å². The van der Waals surface area contributed by atoms with Gasteiger partial charge in [0.1, 0.15) is 23.1 Å². The van der Waals surface area contributed by atoms with Crippen LogP contribution in [-0.2, 0) is 0 Å². The van der Waals surface area contributed by atoms with Gasteiger partial charge in [0.15, 0.2) is 0 Å². The number of ether oxygens (including phenoxy) is 1. The summed E-state index contributed by atoms with van der Waals surface area (Å²) in [5.74, 6) is 0.849. The Morgan fingerprint density at radius 2 is 2.05 bits per heavy atom. The molecule has 0 saturated carbocycles. The first-order chi connectivity index (χ1) is 9.51. The molecule has 2 rings (SSSR count). The fraction of sp³-hybridized carbons (Fsp3) is 0.0714. The van der Waals surface area contributed by atoms with Gasteiger partial charge in [-0.3, -0.25) is 10.1 Å². The van der Waals surface area contributed by atoms with Gasteiger partial charge in [0.25, 0.3) is 5.69 Å². The van der Waals surface area contributed by atoms with Gasteiger partial charge in [0.05, 0.1) is 11.0 Å². The van der Waals surface area contributed by atoms with Gasteiger partial charge in [0, 0.05) is 5.69 Å². The molecule has 0 atom stereocenters. The Kier molecular flexibility index (Phi) is 3.53. The molecule has 6 nitrogen and oxygen atoms in total. The van der Waals surface area contributed by atoms with Crippen molar-refractivity contribution in [1.82, 2.24) is 0 Å². The van der Waals surface area contributed by atoms with Gasteiger partial charge in [-0.2, -0.15) is 5.26 Å². The van der Waals surface area contributed by atoms with Crippen molar-refractivity contribution < 1.29 is 9.66 Å². The third-order valence-electron chi connectivity index (χ3n) is 2.71. The smallest absolute Gasteiger partial charge is 0.290 e. The Morgan fingerprint density at radius 3 is 2.65 bits per heavy atom. The van der Waals surface area contributed by atoms with Crippen molar-refractivity contribution in [2.75, 3.05) is 5.73 Å². The lowest BCUT2D eigenvalue weighted by atomic mass is 10.2. The van der Waals surface area contributed by atoms with Crippen LogP contribution in [0.2, 0.25) is 0 Å². The van der Waals surface area contributed by atoms with E-state index in [1.807, 2.05) is 6.92 Å². The lowest BCUT2D eigenvalue weighted by molar-refractivity contribution is -0.385. The van der Waals surface area contributed by atoms with Crippen molar-refractivity contribution in [1.29, 1.82) is 5.26 Å². The topological polar surface area (TPSA) is 102 Å². The molecule has 6 heteroatoms. The van der Waals surface area contributed by atoms with E-state index in [-0.39, 0.29) is 11.3 Å². The van der Waals surface area contributed by atoms with Crippen LogP contribution in [0, 0.1) is 28.4 Å². The maximum Gasteiger partial charge on any atom is 0.290 e. The van der Waals surface area contributed by atoms with Crippen molar-refractivity contribution in [2.45, 2.75) is 6.92 Å². The fourth-order valence-corrected chi connectivity index (χ4v) is 1.73. The molecule has 0 aliphatic heterocycles. The van der Waals surface area contributed by atoms with Gasteiger partial charge >= 0.3 is 0 Å². The number of hydrogen-bond donors (Lipinski definition) is 1. The van der Waals surface area contributed by atoms with Crippen LogP contribution in [0.4, 0.5) is 11.4 Å². The molecular formula is C14H11N3O3. The monoisotopic (exact) mass is 269 g/mol. The van der Waals surface area contributed by atoms with Crippen LogP contribution in [0.25, 0.3) is 0 Å². The summed E-state index contributed by atoms with van der Waals surface area (Å²) in [7, 11) is 0. The molecule has 0 bridgehead atoms. The second-order valence-electron chi connectivity index (χ2n) is 4.17. The molecule has 0 fully saturated rings. The maximum absolute atomic E-state index is 10.9. The number of nitrogens with two attached hydrogens (primary N) is 1. The first kappa shape index (κ1) is 13.4. The summed E-state index contributed by atoms with van der Waals surface area (Å²) in [5, 5.41) is 19.7. The van der Waals surface area contributed by atoms with Crippen LogP contribution in [-0.4, -0.2) is 4.92 Å². The predicted octanol–water partition coefficient (Wildman–Crippen LogP) is 3.15. The largest absolute Gasteiger partial charge is 0.457 e. The van der Waals surface area contributed by atoms with E-state index in [2.05, 4.69) is 0 Å². The van der Waals surface area contributed by atoms with Gasteiger partial charge in [-0.05, 0) is 42.8 Å². The average Bonchev–Trinajstić information content (AvgIpc) is 2.41. The Bertz CT molecular complexity index is 720. The SMILES string of the molecule is Cc1cc(N)ccc1Oc1ccc(C#N)c([N+](=O)[O-])c1. The number of hydrogen-bond acceptors (Lipinski definition) is 5. The van der Waals surface area contributed by atoms with E-state index >= 15 is 0 Å². The Balaban J connectivity index is 2.37. The second-order valence-corrected chi connectivity index (χ2v) is 4.17. The lowest BCUT2D eigenvalue weighted by Gasteiger charge is -2.09. The van der Waals surface area contributed by atoms with Crippen molar-refractivity contribution in [3.05, 3.63) is 57.6 Å². The van der Waals surface area contributed by atoms with E-state index in [9.17, 15) is 10.1 Å². The Morgan fingerprint density at radius 1 is 1.30 bits per heavy atom. The third kappa shape index (κ3) is 2.67. The van der Waals surface area contributed by atoms with E-state index in [0.717, 1.165) is 5.56 Å². The highest BCUT2D eigenvalue weighted by molar-refractivity contribution is 5.54. The lowest BCUT2D eigenvalue weighted by Crippen LogP contribution is -1.95. The minimum atomic E-state index is -0.610. The van der Waals surface area contributed by atoms with E-state index in [1.165, 1.54) is 18.2 Å². The highest BCUT2D eigenvalue weighted by atomic mass is 16.6. The molecular weight excluding hydrogens is 258 g/mol. The maximum atomic E-state index is 10.9. The zero-order valence-electron chi connectivity index (χ0n) is 10.7. The molecule has 0 aliphatic carbocycles. The van der Waals surface area contributed by atoms with E-state index in [0.29, 0.717) is 17.2 Å². The number of nitrogen functional groups attached to an aromatic ring is 1. The quantitative estimate of drug-likeness (QED) is 0.523. The minimum absolute atomic E-state index is 0.00335. The summed E-state index contributed by atoms with van der Waals surface area (Å²) >= 11 is 0. The molecule has 2 N–H and O–H groups in total. The van der Waals surface area contributed by atoms with Crippen LogP contribution < -0.4 is 10.5 Å². The van der Waals surface area contributed by atoms with Crippen molar-refractivity contribution >= 4 is 11.4 Å². The Labute approximate surface area is 115 Å². The third-order valence-corrected chi connectivity index (χ3v) is 2.71. The normalized spacial score (nSPS) is 9.80. The molecule has 0 heterocycles. The van der Waals surface area contributed by atoms with E-state index in [1.54, 1.807) is 24.3 Å². The van der Waals surface area contributed by atoms with Crippen LogP contribution in [0.3, 0.4) is 0 Å². The number of benzene rings is 2. The number of nitro benzene ring substituents is 1. The van der Waals surface area contributed by atoms with Crippen LogP contribution >= 0.6 is 0 Å². The minimum Gasteiger partial charge on any atom is -0.457 e. The summed E-state index contributed by atoms with van der Waals surface area (Å²) in [5.41, 5.74) is 6.79. The highest BCUT2D eigenvalue weighted by Crippen LogP contribution is 2.30. The summed E-state index contributed by atoms with van der Waals surface area (Å²) < 4.78 is 5.59. The molecule has 100 valence electrons. The summed E-state index contributed by atoms with van der Waals surface area (Å²) in [6, 6.07) is 11.0. The molecule has 2 aromatic rings.